The molecule has 1 aliphatic rings. The normalized spacial score (nSPS) is 17.4. The first-order valence-corrected chi connectivity index (χ1v) is 9.87. The summed E-state index contributed by atoms with van der Waals surface area (Å²) in [5, 5.41) is 0. The highest BCUT2D eigenvalue weighted by atomic mass is 32.2. The molecule has 0 spiro atoms. The van der Waals surface area contributed by atoms with Crippen LogP contribution in [0.15, 0.2) is 52.3 Å². The molecule has 1 saturated heterocycles. The average molecular weight is 360 g/mol. The SMILES string of the molecule is Cc1ccc(OCC2CO2)cc1S(=O)(=O)c1ccccc1C(C)(C)C. The quantitative estimate of drug-likeness (QED) is 0.759. The molecular formula is C20H24O4S. The van der Waals surface area contributed by atoms with Gasteiger partial charge in [0.25, 0.3) is 0 Å². The summed E-state index contributed by atoms with van der Waals surface area (Å²) in [5.74, 6) is 0.549. The molecule has 0 amide bonds. The highest BCUT2D eigenvalue weighted by Crippen LogP contribution is 2.34. The largest absolute Gasteiger partial charge is 0.491 e. The zero-order chi connectivity index (χ0) is 18.2. The van der Waals surface area contributed by atoms with Crippen molar-refractivity contribution in [3.8, 4) is 5.75 Å². The molecule has 0 bridgehead atoms. The number of benzene rings is 2. The van der Waals surface area contributed by atoms with Gasteiger partial charge in [0.2, 0.25) is 9.84 Å². The van der Waals surface area contributed by atoms with Gasteiger partial charge >= 0.3 is 0 Å². The van der Waals surface area contributed by atoms with Crippen molar-refractivity contribution in [3.05, 3.63) is 53.6 Å². The molecule has 1 fully saturated rings. The first-order valence-electron chi connectivity index (χ1n) is 8.39. The van der Waals surface area contributed by atoms with E-state index in [1.54, 1.807) is 37.3 Å². The molecule has 5 heteroatoms. The molecule has 0 N–H and O–H groups in total. The zero-order valence-electron chi connectivity index (χ0n) is 15.1. The molecule has 0 saturated carbocycles. The maximum absolute atomic E-state index is 13.3. The summed E-state index contributed by atoms with van der Waals surface area (Å²) >= 11 is 0. The summed E-state index contributed by atoms with van der Waals surface area (Å²) in [6.45, 7) is 9.01. The summed E-state index contributed by atoms with van der Waals surface area (Å²) < 4.78 is 37.5. The zero-order valence-corrected chi connectivity index (χ0v) is 15.9. The molecule has 4 nitrogen and oxygen atoms in total. The van der Waals surface area contributed by atoms with Gasteiger partial charge in [0.1, 0.15) is 18.5 Å². The fourth-order valence-corrected chi connectivity index (χ4v) is 4.67. The van der Waals surface area contributed by atoms with Crippen LogP contribution in [0.1, 0.15) is 31.9 Å². The van der Waals surface area contributed by atoms with Gasteiger partial charge < -0.3 is 9.47 Å². The number of aryl methyl sites for hydroxylation is 1. The molecule has 1 heterocycles. The fourth-order valence-electron chi connectivity index (χ4n) is 2.75. The molecule has 0 radical (unpaired) electrons. The van der Waals surface area contributed by atoms with Gasteiger partial charge in [0.05, 0.1) is 16.4 Å². The van der Waals surface area contributed by atoms with E-state index in [1.807, 2.05) is 32.9 Å². The van der Waals surface area contributed by atoms with E-state index in [1.165, 1.54) is 0 Å². The van der Waals surface area contributed by atoms with Crippen molar-refractivity contribution < 1.29 is 17.9 Å². The van der Waals surface area contributed by atoms with E-state index < -0.39 is 9.84 Å². The lowest BCUT2D eigenvalue weighted by Crippen LogP contribution is -2.17. The van der Waals surface area contributed by atoms with Crippen molar-refractivity contribution in [1.29, 1.82) is 0 Å². The van der Waals surface area contributed by atoms with Crippen LogP contribution in [0.5, 0.6) is 5.75 Å². The topological polar surface area (TPSA) is 55.9 Å². The number of sulfone groups is 1. The van der Waals surface area contributed by atoms with E-state index in [-0.39, 0.29) is 11.5 Å². The van der Waals surface area contributed by atoms with E-state index in [9.17, 15) is 8.42 Å². The van der Waals surface area contributed by atoms with E-state index in [2.05, 4.69) is 0 Å². The van der Waals surface area contributed by atoms with Gasteiger partial charge in [-0.15, -0.1) is 0 Å². The Labute approximate surface area is 149 Å². The van der Waals surface area contributed by atoms with Crippen LogP contribution in [0, 0.1) is 6.92 Å². The summed E-state index contributed by atoms with van der Waals surface area (Å²) in [6.07, 6.45) is 0.128. The number of hydrogen-bond acceptors (Lipinski definition) is 4. The van der Waals surface area contributed by atoms with Crippen LogP contribution in [0.3, 0.4) is 0 Å². The van der Waals surface area contributed by atoms with Gasteiger partial charge in [-0.1, -0.05) is 45.0 Å². The van der Waals surface area contributed by atoms with Gasteiger partial charge in [-0.3, -0.25) is 0 Å². The van der Waals surface area contributed by atoms with Gasteiger partial charge in [0.15, 0.2) is 0 Å². The van der Waals surface area contributed by atoms with Gasteiger partial charge in [-0.05, 0) is 41.7 Å². The monoisotopic (exact) mass is 360 g/mol. The lowest BCUT2D eigenvalue weighted by Gasteiger charge is -2.23. The van der Waals surface area contributed by atoms with Crippen LogP contribution >= 0.6 is 0 Å². The molecule has 2 aromatic carbocycles. The third-order valence-corrected chi connectivity index (χ3v) is 6.23. The van der Waals surface area contributed by atoms with Crippen molar-refractivity contribution in [2.45, 2.75) is 49.0 Å². The van der Waals surface area contributed by atoms with Gasteiger partial charge in [-0.2, -0.15) is 0 Å². The van der Waals surface area contributed by atoms with Crippen LogP contribution in [0.2, 0.25) is 0 Å². The number of rotatable bonds is 5. The van der Waals surface area contributed by atoms with Crippen molar-refractivity contribution in [3.63, 3.8) is 0 Å². The van der Waals surface area contributed by atoms with Gasteiger partial charge in [-0.25, -0.2) is 8.42 Å². The summed E-state index contributed by atoms with van der Waals surface area (Å²) in [6, 6.07) is 12.4. The lowest BCUT2D eigenvalue weighted by molar-refractivity contribution is 0.262. The minimum absolute atomic E-state index is 0.128. The summed E-state index contributed by atoms with van der Waals surface area (Å²) in [5.41, 5.74) is 1.25. The first kappa shape index (κ1) is 18.0. The van der Waals surface area contributed by atoms with Crippen molar-refractivity contribution in [2.75, 3.05) is 13.2 Å². The molecule has 2 aromatic rings. The summed E-state index contributed by atoms with van der Waals surface area (Å²) in [7, 11) is -3.64. The second-order valence-electron chi connectivity index (χ2n) is 7.44. The Hall–Kier alpha value is -1.85. The smallest absolute Gasteiger partial charge is 0.207 e. The first-order chi connectivity index (χ1) is 11.7. The Morgan fingerprint density at radius 2 is 1.80 bits per heavy atom. The van der Waals surface area contributed by atoms with Crippen LogP contribution in [0.4, 0.5) is 0 Å². The Balaban J connectivity index is 2.04. The molecular weight excluding hydrogens is 336 g/mol. The van der Waals surface area contributed by atoms with Crippen molar-refractivity contribution >= 4 is 9.84 Å². The lowest BCUT2D eigenvalue weighted by atomic mass is 9.87. The Morgan fingerprint density at radius 3 is 2.44 bits per heavy atom. The Morgan fingerprint density at radius 1 is 1.12 bits per heavy atom. The second kappa shape index (κ2) is 6.46. The molecule has 0 aromatic heterocycles. The van der Waals surface area contributed by atoms with Crippen LogP contribution in [-0.2, 0) is 20.0 Å². The highest BCUT2D eigenvalue weighted by molar-refractivity contribution is 7.91. The van der Waals surface area contributed by atoms with Crippen LogP contribution in [0.25, 0.3) is 0 Å². The van der Waals surface area contributed by atoms with E-state index >= 15 is 0 Å². The molecule has 1 aliphatic heterocycles. The number of hydrogen-bond donors (Lipinski definition) is 0. The molecule has 1 unspecified atom stereocenters. The number of epoxide rings is 1. The maximum Gasteiger partial charge on any atom is 0.207 e. The van der Waals surface area contributed by atoms with Crippen LogP contribution in [-0.4, -0.2) is 27.7 Å². The average Bonchev–Trinajstić information content (AvgIpc) is 3.37. The highest BCUT2D eigenvalue weighted by Gasteiger charge is 2.28. The molecule has 25 heavy (non-hydrogen) atoms. The molecule has 3 rings (SSSR count). The predicted octanol–water partition coefficient (Wildman–Crippen LogP) is 3.90. The predicted molar refractivity (Wildman–Crippen MR) is 97.0 cm³/mol. The van der Waals surface area contributed by atoms with Crippen LogP contribution < -0.4 is 4.74 Å². The maximum atomic E-state index is 13.3. The minimum atomic E-state index is -3.64. The van der Waals surface area contributed by atoms with Gasteiger partial charge in [0, 0.05) is 0 Å². The molecule has 1 atom stereocenters. The number of ether oxygens (including phenoxy) is 2. The minimum Gasteiger partial charge on any atom is -0.491 e. The molecule has 0 aliphatic carbocycles. The fraction of sp³-hybridized carbons (Fsp3) is 0.400. The standard InChI is InChI=1S/C20H24O4S/c1-14-9-10-15(23-12-16-13-24-16)11-19(14)25(21,22)18-8-6-5-7-17(18)20(2,3)4/h5-11,16H,12-13H2,1-4H3. The third kappa shape index (κ3) is 3.88. The third-order valence-electron chi connectivity index (χ3n) is 4.27. The van der Waals surface area contributed by atoms with E-state index in [4.69, 9.17) is 9.47 Å². The summed E-state index contributed by atoms with van der Waals surface area (Å²) in [4.78, 5) is 0.645. The van der Waals surface area contributed by atoms with Crippen molar-refractivity contribution in [2.24, 2.45) is 0 Å². The second-order valence-corrected chi connectivity index (χ2v) is 9.33. The molecule has 134 valence electrons. The van der Waals surface area contributed by atoms with Crippen molar-refractivity contribution in [1.82, 2.24) is 0 Å². The van der Waals surface area contributed by atoms with E-state index in [0.29, 0.717) is 34.3 Å². The Kier molecular flexibility index (Phi) is 4.64. The Bertz CT molecular complexity index is 875. The van der Waals surface area contributed by atoms with E-state index in [0.717, 1.165) is 5.56 Å².